The van der Waals surface area contributed by atoms with Crippen LogP contribution in [0.15, 0.2) is 39.4 Å². The summed E-state index contributed by atoms with van der Waals surface area (Å²) in [6.07, 6.45) is 15.2. The molecule has 0 spiro atoms. The number of alkyl halides is 4. The van der Waals surface area contributed by atoms with Crippen LogP contribution >= 0.6 is 35.0 Å². The monoisotopic (exact) mass is 533 g/mol. The molecule has 4 nitrogen and oxygen atoms in total. The first-order valence-corrected chi connectivity index (χ1v) is 14.0. The summed E-state index contributed by atoms with van der Waals surface area (Å²) < 4.78 is 31.7. The zero-order valence-electron chi connectivity index (χ0n) is 19.6. The second-order valence-electron chi connectivity index (χ2n) is 9.24. The van der Waals surface area contributed by atoms with E-state index in [2.05, 4.69) is 21.0 Å². The number of ether oxygens (including phenoxy) is 1. The number of pyridine rings is 1. The highest BCUT2D eigenvalue weighted by atomic mass is 35.5. The minimum atomic E-state index is -3.21. The highest BCUT2D eigenvalue weighted by Gasteiger charge is 2.57. The topological polar surface area (TPSA) is 46.8 Å². The minimum absolute atomic E-state index is 0.261. The Labute approximate surface area is 216 Å². The Bertz CT molecular complexity index is 754. The van der Waals surface area contributed by atoms with Gasteiger partial charge in [0.15, 0.2) is 0 Å². The maximum atomic E-state index is 14.4. The van der Waals surface area contributed by atoms with Crippen LogP contribution in [0, 0.1) is 5.92 Å². The SMILES string of the molecule is C(=NC1CCCCC1)=NC1CCCCC1.FC(F)(C1CCOCC1)C(Cl)(Cl)Sc1ccccn1. The first kappa shape index (κ1) is 27.9. The van der Waals surface area contributed by atoms with Crippen molar-refractivity contribution in [3.63, 3.8) is 0 Å². The lowest BCUT2D eigenvalue weighted by Gasteiger charge is -2.36. The third kappa shape index (κ3) is 8.74. The van der Waals surface area contributed by atoms with E-state index in [4.69, 9.17) is 27.9 Å². The van der Waals surface area contributed by atoms with Gasteiger partial charge in [0.25, 0.3) is 5.92 Å². The van der Waals surface area contributed by atoms with Crippen LogP contribution in [0.5, 0.6) is 0 Å². The van der Waals surface area contributed by atoms with Gasteiger partial charge in [0.05, 0.1) is 23.1 Å². The molecule has 4 rings (SSSR count). The molecule has 9 heteroatoms. The second kappa shape index (κ2) is 14.1. The Morgan fingerprint density at radius 2 is 1.44 bits per heavy atom. The van der Waals surface area contributed by atoms with Gasteiger partial charge in [-0.2, -0.15) is 0 Å². The summed E-state index contributed by atoms with van der Waals surface area (Å²) in [4.78, 5) is 12.9. The van der Waals surface area contributed by atoms with E-state index in [-0.39, 0.29) is 12.8 Å². The first-order chi connectivity index (χ1) is 16.4. The van der Waals surface area contributed by atoms with Crippen molar-refractivity contribution in [3.05, 3.63) is 24.4 Å². The van der Waals surface area contributed by atoms with Crippen LogP contribution in [-0.4, -0.2) is 45.9 Å². The van der Waals surface area contributed by atoms with Gasteiger partial charge in [0, 0.05) is 25.3 Å². The fourth-order valence-electron chi connectivity index (χ4n) is 4.52. The average Bonchev–Trinajstić information content (AvgIpc) is 2.87. The van der Waals surface area contributed by atoms with Crippen molar-refractivity contribution in [2.75, 3.05) is 13.2 Å². The van der Waals surface area contributed by atoms with E-state index < -0.39 is 15.5 Å². The molecule has 3 fully saturated rings. The maximum absolute atomic E-state index is 14.4. The minimum Gasteiger partial charge on any atom is -0.381 e. The number of aliphatic imine (C=N–C) groups is 2. The van der Waals surface area contributed by atoms with Crippen LogP contribution in [0.25, 0.3) is 0 Å². The smallest absolute Gasteiger partial charge is 0.293 e. The van der Waals surface area contributed by atoms with Gasteiger partial charge in [-0.05, 0) is 50.7 Å². The molecule has 0 unspecified atom stereocenters. The highest BCUT2D eigenvalue weighted by molar-refractivity contribution is 8.03. The molecule has 3 aliphatic rings. The Kier molecular flexibility index (Phi) is 11.6. The molecule has 1 saturated heterocycles. The van der Waals surface area contributed by atoms with Gasteiger partial charge in [-0.1, -0.05) is 79.6 Å². The van der Waals surface area contributed by atoms with Gasteiger partial charge in [0.2, 0.25) is 3.67 Å². The van der Waals surface area contributed by atoms with Crippen molar-refractivity contribution in [1.29, 1.82) is 0 Å². The van der Waals surface area contributed by atoms with Crippen LogP contribution in [-0.2, 0) is 4.74 Å². The summed E-state index contributed by atoms with van der Waals surface area (Å²) in [5.41, 5.74) is 0. The quantitative estimate of drug-likeness (QED) is 0.210. The molecule has 0 aromatic carbocycles. The van der Waals surface area contributed by atoms with Crippen LogP contribution < -0.4 is 0 Å². The largest absolute Gasteiger partial charge is 0.381 e. The maximum Gasteiger partial charge on any atom is 0.293 e. The van der Waals surface area contributed by atoms with Gasteiger partial charge in [-0.15, -0.1) is 0 Å². The zero-order valence-corrected chi connectivity index (χ0v) is 21.9. The first-order valence-electron chi connectivity index (χ1n) is 12.5. The molecule has 1 aliphatic heterocycles. The molecule has 2 heterocycles. The van der Waals surface area contributed by atoms with Crippen molar-refractivity contribution >= 4 is 41.0 Å². The van der Waals surface area contributed by atoms with Gasteiger partial charge < -0.3 is 4.74 Å². The number of rotatable bonds is 6. The normalized spacial score (nSPS) is 21.2. The summed E-state index contributed by atoms with van der Waals surface area (Å²) in [7, 11) is 0. The fourth-order valence-corrected chi connectivity index (χ4v) is 6.13. The number of aromatic nitrogens is 1. The molecule has 0 atom stereocenters. The highest BCUT2D eigenvalue weighted by Crippen LogP contribution is 2.54. The number of nitrogens with zero attached hydrogens (tertiary/aromatic N) is 3. The van der Waals surface area contributed by atoms with Crippen LogP contribution in [0.3, 0.4) is 0 Å². The molecular weight excluding hydrogens is 499 g/mol. The lowest BCUT2D eigenvalue weighted by molar-refractivity contribution is -0.0914. The number of halogens is 4. The Hall–Kier alpha value is -0.720. The summed E-state index contributed by atoms with van der Waals surface area (Å²) in [6, 6.07) is 9.04. The molecule has 2 aliphatic carbocycles. The van der Waals surface area contributed by atoms with E-state index in [1.54, 1.807) is 18.2 Å². The molecule has 0 radical (unpaired) electrons. The molecule has 2 saturated carbocycles. The van der Waals surface area contributed by atoms with E-state index >= 15 is 0 Å². The average molecular weight is 535 g/mol. The van der Waals surface area contributed by atoms with Gasteiger partial charge >= 0.3 is 0 Å². The van der Waals surface area contributed by atoms with Crippen molar-refractivity contribution in [2.24, 2.45) is 15.9 Å². The fraction of sp³-hybridized carbons (Fsp3) is 0.760. The standard InChI is InChI=1S/C13H22N2.C12H13Cl2F2NOS/c1-3-7-12(8-4-1)14-11-15-13-9-5-2-6-10-13;13-12(14,19-10-3-1-2-6-17-10)11(15,16)9-4-7-18-8-5-9/h12-13H,1-10H2;1-3,6,9H,4-5,7-8H2. The third-order valence-corrected chi connectivity index (χ3v) is 8.57. The molecule has 1 aromatic rings. The Morgan fingerprint density at radius 1 is 0.882 bits per heavy atom. The molecule has 0 amide bonds. The summed E-state index contributed by atoms with van der Waals surface area (Å²) >= 11 is 12.5. The van der Waals surface area contributed by atoms with E-state index in [1.165, 1.54) is 70.4 Å². The van der Waals surface area contributed by atoms with Crippen LogP contribution in [0.2, 0.25) is 0 Å². The summed E-state index contributed by atoms with van der Waals surface area (Å²) in [5.74, 6) is -4.07. The van der Waals surface area contributed by atoms with Gasteiger partial charge in [0.1, 0.15) is 0 Å². The van der Waals surface area contributed by atoms with E-state index in [0.717, 1.165) is 0 Å². The number of hydrogen-bond donors (Lipinski definition) is 0. The van der Waals surface area contributed by atoms with Crippen molar-refractivity contribution in [3.8, 4) is 0 Å². The van der Waals surface area contributed by atoms with Crippen LogP contribution in [0.1, 0.15) is 77.0 Å². The molecule has 0 N–H and O–H groups in total. The molecule has 1 aromatic heterocycles. The zero-order chi connectivity index (χ0) is 24.3. The molecule has 190 valence electrons. The number of thioether (sulfide) groups is 1. The van der Waals surface area contributed by atoms with Crippen LogP contribution in [0.4, 0.5) is 8.78 Å². The molecule has 34 heavy (non-hydrogen) atoms. The van der Waals surface area contributed by atoms with Crippen molar-refractivity contribution in [2.45, 2.75) is 104 Å². The van der Waals surface area contributed by atoms with Crippen molar-refractivity contribution < 1.29 is 13.5 Å². The Balaban J connectivity index is 0.000000196. The predicted molar refractivity (Wildman–Crippen MR) is 137 cm³/mol. The van der Waals surface area contributed by atoms with Gasteiger partial charge in [-0.25, -0.2) is 23.7 Å². The van der Waals surface area contributed by atoms with E-state index in [1.807, 2.05) is 0 Å². The summed E-state index contributed by atoms with van der Waals surface area (Å²) in [6.45, 7) is 0.636. The van der Waals surface area contributed by atoms with E-state index in [9.17, 15) is 8.78 Å². The second-order valence-corrected chi connectivity index (χ2v) is 12.2. The lowest BCUT2D eigenvalue weighted by Crippen LogP contribution is -2.45. The van der Waals surface area contributed by atoms with Gasteiger partial charge in [-0.3, -0.25) is 0 Å². The summed E-state index contributed by atoms with van der Waals surface area (Å²) in [5, 5.41) is 0.374. The lowest BCUT2D eigenvalue weighted by atomic mass is 9.94. The Morgan fingerprint density at radius 3 is 1.94 bits per heavy atom. The molecule has 0 bridgehead atoms. The van der Waals surface area contributed by atoms with Crippen molar-refractivity contribution in [1.82, 2.24) is 4.98 Å². The van der Waals surface area contributed by atoms with E-state index in [0.29, 0.717) is 42.1 Å². The third-order valence-electron chi connectivity index (χ3n) is 6.62. The molecular formula is C25H35Cl2F2N3OS. The number of hydrogen-bond acceptors (Lipinski definition) is 5. The predicted octanol–water partition coefficient (Wildman–Crippen LogP) is 8.19.